The molecule has 1 aromatic rings. The number of ether oxygens (including phenoxy) is 1. The van der Waals surface area contributed by atoms with Crippen LogP contribution in [0.3, 0.4) is 0 Å². The molecule has 3 amide bonds. The topological polar surface area (TPSA) is 73.9 Å². The molecular formula is C22H32N4O3. The Labute approximate surface area is 172 Å². The molecule has 1 unspecified atom stereocenters. The Morgan fingerprint density at radius 3 is 2.55 bits per heavy atom. The summed E-state index contributed by atoms with van der Waals surface area (Å²) < 4.78 is 5.43. The Morgan fingerprint density at radius 2 is 1.83 bits per heavy atom. The lowest BCUT2D eigenvalue weighted by Gasteiger charge is -2.38. The number of amides is 3. The number of rotatable bonds is 5. The molecule has 1 saturated carbocycles. The second-order valence-corrected chi connectivity index (χ2v) is 8.31. The van der Waals surface area contributed by atoms with Crippen molar-refractivity contribution in [1.82, 2.24) is 15.1 Å². The molecule has 7 nitrogen and oxygen atoms in total. The van der Waals surface area contributed by atoms with Gasteiger partial charge in [0, 0.05) is 51.1 Å². The van der Waals surface area contributed by atoms with Crippen molar-refractivity contribution in [3.8, 4) is 0 Å². The molecule has 3 fully saturated rings. The van der Waals surface area contributed by atoms with E-state index in [4.69, 9.17) is 4.74 Å². The molecule has 0 spiro atoms. The van der Waals surface area contributed by atoms with Gasteiger partial charge in [-0.05, 0) is 43.4 Å². The van der Waals surface area contributed by atoms with Gasteiger partial charge >= 0.3 is 6.03 Å². The van der Waals surface area contributed by atoms with Crippen molar-refractivity contribution in [3.63, 3.8) is 0 Å². The highest BCUT2D eigenvalue weighted by atomic mass is 16.5. The number of anilines is 1. The smallest absolute Gasteiger partial charge is 0.317 e. The summed E-state index contributed by atoms with van der Waals surface area (Å²) in [5.74, 6) is -0.0937. The van der Waals surface area contributed by atoms with Crippen LogP contribution in [0.4, 0.5) is 10.5 Å². The summed E-state index contributed by atoms with van der Waals surface area (Å²) in [4.78, 5) is 29.2. The monoisotopic (exact) mass is 400 g/mol. The van der Waals surface area contributed by atoms with Gasteiger partial charge in [-0.2, -0.15) is 0 Å². The fourth-order valence-corrected chi connectivity index (χ4v) is 4.62. The minimum atomic E-state index is -0.346. The number of carbonyl (C=O) groups is 2. The lowest BCUT2D eigenvalue weighted by molar-refractivity contribution is -0.124. The molecular weight excluding hydrogens is 368 g/mol. The molecule has 2 heterocycles. The maximum atomic E-state index is 12.5. The number of nitrogens with zero attached hydrogens (tertiary/aromatic N) is 2. The molecule has 4 rings (SSSR count). The largest absolute Gasteiger partial charge is 0.368 e. The molecule has 29 heavy (non-hydrogen) atoms. The van der Waals surface area contributed by atoms with E-state index < -0.39 is 0 Å². The number of benzene rings is 1. The highest BCUT2D eigenvalue weighted by Crippen LogP contribution is 2.24. The number of nitrogens with one attached hydrogen (secondary N) is 2. The van der Waals surface area contributed by atoms with Crippen LogP contribution < -0.4 is 10.6 Å². The molecule has 2 aliphatic heterocycles. The molecule has 3 aliphatic rings. The van der Waals surface area contributed by atoms with Crippen LogP contribution in [0.25, 0.3) is 0 Å². The number of hydrogen-bond acceptors (Lipinski definition) is 4. The standard InChI is InChI=1S/C22H32N4O3/c27-21(20-9-4-14-29-20)24-18-6-3-5-17(15-18)16-23-22(28)26-12-10-25(11-13-26)19-7-1-2-8-19/h3,5-6,15,19-20H,1-2,4,7-14,16H2,(H,23,28)(H,24,27). The predicted molar refractivity (Wildman–Crippen MR) is 112 cm³/mol. The van der Waals surface area contributed by atoms with E-state index in [1.807, 2.05) is 29.2 Å². The van der Waals surface area contributed by atoms with Gasteiger partial charge in [0.2, 0.25) is 0 Å². The van der Waals surface area contributed by atoms with E-state index in [1.165, 1.54) is 25.7 Å². The van der Waals surface area contributed by atoms with E-state index in [9.17, 15) is 9.59 Å². The third-order valence-electron chi connectivity index (χ3n) is 6.30. The number of hydrogen-bond donors (Lipinski definition) is 2. The molecule has 7 heteroatoms. The van der Waals surface area contributed by atoms with Crippen molar-refractivity contribution < 1.29 is 14.3 Å². The van der Waals surface area contributed by atoms with Crippen LogP contribution in [0.2, 0.25) is 0 Å². The van der Waals surface area contributed by atoms with E-state index in [-0.39, 0.29) is 18.0 Å². The van der Waals surface area contributed by atoms with Crippen molar-refractivity contribution >= 4 is 17.6 Å². The first-order valence-electron chi connectivity index (χ1n) is 11.0. The first kappa shape index (κ1) is 20.2. The molecule has 1 atom stereocenters. The van der Waals surface area contributed by atoms with Crippen molar-refractivity contribution in [3.05, 3.63) is 29.8 Å². The van der Waals surface area contributed by atoms with Crippen LogP contribution in [0.5, 0.6) is 0 Å². The SMILES string of the molecule is O=C(Nc1cccc(CNC(=O)N2CCN(C3CCCC3)CC2)c1)C1CCCO1. The highest BCUT2D eigenvalue weighted by Gasteiger charge is 2.28. The summed E-state index contributed by atoms with van der Waals surface area (Å²) in [6.45, 7) is 4.63. The average molecular weight is 401 g/mol. The summed E-state index contributed by atoms with van der Waals surface area (Å²) in [6, 6.07) is 8.34. The van der Waals surface area contributed by atoms with Gasteiger partial charge in [-0.1, -0.05) is 25.0 Å². The maximum absolute atomic E-state index is 12.5. The zero-order valence-corrected chi connectivity index (χ0v) is 17.1. The van der Waals surface area contributed by atoms with Crippen LogP contribution in [0, 0.1) is 0 Å². The van der Waals surface area contributed by atoms with E-state index >= 15 is 0 Å². The first-order valence-corrected chi connectivity index (χ1v) is 11.0. The van der Waals surface area contributed by atoms with Crippen LogP contribution in [0.15, 0.2) is 24.3 Å². The Morgan fingerprint density at radius 1 is 1.03 bits per heavy atom. The molecule has 1 aromatic carbocycles. The van der Waals surface area contributed by atoms with Crippen molar-refractivity contribution in [1.29, 1.82) is 0 Å². The Kier molecular flexibility index (Phi) is 6.67. The first-order chi connectivity index (χ1) is 14.2. The number of piperazine rings is 1. The van der Waals surface area contributed by atoms with E-state index in [1.54, 1.807) is 0 Å². The normalized spacial score (nSPS) is 23.3. The lowest BCUT2D eigenvalue weighted by atomic mass is 10.1. The van der Waals surface area contributed by atoms with Gasteiger partial charge in [0.1, 0.15) is 6.10 Å². The Hall–Kier alpha value is -2.12. The zero-order valence-electron chi connectivity index (χ0n) is 17.1. The fourth-order valence-electron chi connectivity index (χ4n) is 4.62. The van der Waals surface area contributed by atoms with E-state index in [2.05, 4.69) is 15.5 Å². The minimum Gasteiger partial charge on any atom is -0.368 e. The van der Waals surface area contributed by atoms with Crippen molar-refractivity contribution in [2.45, 2.75) is 57.2 Å². The van der Waals surface area contributed by atoms with Gasteiger partial charge in [0.15, 0.2) is 0 Å². The lowest BCUT2D eigenvalue weighted by Crippen LogP contribution is -2.53. The molecule has 2 N–H and O–H groups in total. The van der Waals surface area contributed by atoms with Gasteiger partial charge in [-0.15, -0.1) is 0 Å². The maximum Gasteiger partial charge on any atom is 0.317 e. The predicted octanol–water partition coefficient (Wildman–Crippen LogP) is 2.57. The third kappa shape index (κ3) is 5.28. The highest BCUT2D eigenvalue weighted by molar-refractivity contribution is 5.94. The molecule has 0 bridgehead atoms. The van der Waals surface area contributed by atoms with E-state index in [0.29, 0.717) is 13.2 Å². The van der Waals surface area contributed by atoms with Gasteiger partial charge < -0.3 is 20.3 Å². The van der Waals surface area contributed by atoms with Gasteiger partial charge in [0.05, 0.1) is 0 Å². The molecule has 0 radical (unpaired) electrons. The van der Waals surface area contributed by atoms with Gasteiger partial charge in [-0.3, -0.25) is 9.69 Å². The minimum absolute atomic E-state index is 0.00938. The number of urea groups is 1. The molecule has 2 saturated heterocycles. The van der Waals surface area contributed by atoms with Gasteiger partial charge in [0.25, 0.3) is 5.91 Å². The summed E-state index contributed by atoms with van der Waals surface area (Å²) in [5, 5.41) is 5.93. The fraction of sp³-hybridized carbons (Fsp3) is 0.636. The van der Waals surface area contributed by atoms with Crippen LogP contribution in [-0.2, 0) is 16.1 Å². The van der Waals surface area contributed by atoms with Crippen molar-refractivity contribution in [2.24, 2.45) is 0 Å². The Balaban J connectivity index is 1.22. The van der Waals surface area contributed by atoms with Crippen molar-refractivity contribution in [2.75, 3.05) is 38.1 Å². The summed E-state index contributed by atoms with van der Waals surface area (Å²) in [5.41, 5.74) is 1.70. The Bertz CT molecular complexity index is 706. The van der Waals surface area contributed by atoms with Crippen LogP contribution in [0.1, 0.15) is 44.1 Å². The zero-order chi connectivity index (χ0) is 20.1. The summed E-state index contributed by atoms with van der Waals surface area (Å²) in [6.07, 6.45) is 6.67. The summed E-state index contributed by atoms with van der Waals surface area (Å²) >= 11 is 0. The van der Waals surface area contributed by atoms with Gasteiger partial charge in [-0.25, -0.2) is 4.79 Å². The van der Waals surface area contributed by atoms with E-state index in [0.717, 1.165) is 56.3 Å². The summed E-state index contributed by atoms with van der Waals surface area (Å²) in [7, 11) is 0. The quantitative estimate of drug-likeness (QED) is 0.797. The molecule has 158 valence electrons. The third-order valence-corrected chi connectivity index (χ3v) is 6.30. The van der Waals surface area contributed by atoms with Crippen LogP contribution >= 0.6 is 0 Å². The number of carbonyl (C=O) groups excluding carboxylic acids is 2. The second kappa shape index (κ2) is 9.59. The molecule has 0 aromatic heterocycles. The average Bonchev–Trinajstić information content (AvgIpc) is 3.47. The second-order valence-electron chi connectivity index (χ2n) is 8.31. The van der Waals surface area contributed by atoms with Crippen LogP contribution in [-0.4, -0.2) is 66.7 Å². The molecule has 1 aliphatic carbocycles.